The quantitative estimate of drug-likeness (QED) is 0.239. The predicted octanol–water partition coefficient (Wildman–Crippen LogP) is 6.55. The molecule has 0 aliphatic carbocycles. The number of rotatable bonds is 9. The summed E-state index contributed by atoms with van der Waals surface area (Å²) < 4.78 is 12.6. The molecule has 5 nitrogen and oxygen atoms in total. The second-order valence-electron chi connectivity index (χ2n) is 7.17. The number of nitrogens with zero attached hydrogens (tertiary/aromatic N) is 1. The van der Waals surface area contributed by atoms with E-state index in [1.807, 2.05) is 42.5 Å². The molecule has 166 valence electrons. The van der Waals surface area contributed by atoms with Crippen LogP contribution < -0.4 is 14.8 Å². The van der Waals surface area contributed by atoms with Crippen molar-refractivity contribution in [1.82, 2.24) is 15.3 Å². The van der Waals surface area contributed by atoms with E-state index in [1.165, 1.54) is 0 Å². The van der Waals surface area contributed by atoms with Crippen molar-refractivity contribution >= 4 is 50.2 Å². The van der Waals surface area contributed by atoms with Crippen molar-refractivity contribution in [2.75, 3.05) is 13.7 Å². The fraction of sp³-hybridized carbons (Fsp3) is 0.208. The maximum atomic E-state index is 6.30. The Morgan fingerprint density at radius 1 is 1.00 bits per heavy atom. The van der Waals surface area contributed by atoms with Gasteiger partial charge < -0.3 is 19.8 Å². The molecule has 0 saturated heterocycles. The van der Waals surface area contributed by atoms with E-state index < -0.39 is 0 Å². The molecule has 0 saturated carbocycles. The van der Waals surface area contributed by atoms with Crippen LogP contribution in [0.25, 0.3) is 11.0 Å². The lowest BCUT2D eigenvalue weighted by Gasteiger charge is -2.18. The number of fused-ring (bicyclic) bond motifs is 1. The first-order valence-corrected chi connectivity index (χ1v) is 11.7. The van der Waals surface area contributed by atoms with Gasteiger partial charge in [0.2, 0.25) is 0 Å². The molecule has 32 heavy (non-hydrogen) atoms. The van der Waals surface area contributed by atoms with Crippen molar-refractivity contribution in [3.8, 4) is 11.5 Å². The molecule has 4 aromatic rings. The number of H-pyrrole nitrogens is 1. The van der Waals surface area contributed by atoms with Gasteiger partial charge in [0.1, 0.15) is 12.4 Å². The number of halogens is 3. The summed E-state index contributed by atoms with van der Waals surface area (Å²) in [5, 5.41) is 4.60. The summed E-state index contributed by atoms with van der Waals surface area (Å²) in [4.78, 5) is 7.98. The Balaban J connectivity index is 1.45. The van der Waals surface area contributed by atoms with Crippen LogP contribution in [0, 0.1) is 0 Å². The van der Waals surface area contributed by atoms with Gasteiger partial charge in [-0.2, -0.15) is 0 Å². The molecule has 3 aromatic carbocycles. The van der Waals surface area contributed by atoms with E-state index in [-0.39, 0.29) is 6.61 Å². The van der Waals surface area contributed by atoms with Gasteiger partial charge >= 0.3 is 0 Å². The topological polar surface area (TPSA) is 59.2 Å². The zero-order valence-electron chi connectivity index (χ0n) is 17.4. The zero-order valence-corrected chi connectivity index (χ0v) is 20.5. The number of benzene rings is 3. The second-order valence-corrected chi connectivity index (χ2v) is 8.84. The number of ether oxygens (including phenoxy) is 2. The molecule has 0 amide bonds. The normalized spacial score (nSPS) is 11.1. The minimum absolute atomic E-state index is 0.233. The maximum absolute atomic E-state index is 6.30. The van der Waals surface area contributed by atoms with Crippen molar-refractivity contribution in [3.63, 3.8) is 0 Å². The summed E-state index contributed by atoms with van der Waals surface area (Å²) in [6, 6.07) is 17.2. The van der Waals surface area contributed by atoms with E-state index in [1.54, 1.807) is 19.2 Å². The average molecular weight is 535 g/mol. The predicted molar refractivity (Wildman–Crippen MR) is 133 cm³/mol. The number of imidazole rings is 1. The Morgan fingerprint density at radius 2 is 1.78 bits per heavy atom. The molecule has 1 aromatic heterocycles. The summed E-state index contributed by atoms with van der Waals surface area (Å²) in [6.45, 7) is 1.57. The van der Waals surface area contributed by atoms with Crippen LogP contribution in [0.1, 0.15) is 17.0 Å². The average Bonchev–Trinajstić information content (AvgIpc) is 3.20. The Morgan fingerprint density at radius 3 is 2.53 bits per heavy atom. The summed E-state index contributed by atoms with van der Waals surface area (Å²) in [6.07, 6.45) is 0.779. The fourth-order valence-corrected chi connectivity index (χ4v) is 4.38. The lowest BCUT2D eigenvalue weighted by atomic mass is 10.1. The van der Waals surface area contributed by atoms with Gasteiger partial charge in [-0.1, -0.05) is 57.3 Å². The highest BCUT2D eigenvalue weighted by Gasteiger charge is 2.16. The number of aromatic nitrogens is 2. The highest BCUT2D eigenvalue weighted by molar-refractivity contribution is 9.10. The minimum Gasteiger partial charge on any atom is -0.493 e. The Hall–Kier alpha value is -2.25. The largest absolute Gasteiger partial charge is 0.493 e. The number of para-hydroxylation sites is 2. The second kappa shape index (κ2) is 10.6. The Labute approximate surface area is 205 Å². The highest BCUT2D eigenvalue weighted by Crippen LogP contribution is 2.37. The summed E-state index contributed by atoms with van der Waals surface area (Å²) in [5.41, 5.74) is 3.72. The summed E-state index contributed by atoms with van der Waals surface area (Å²) in [5.74, 6) is 2.24. The van der Waals surface area contributed by atoms with Crippen molar-refractivity contribution in [2.24, 2.45) is 0 Å². The van der Waals surface area contributed by atoms with Crippen LogP contribution in [-0.4, -0.2) is 23.6 Å². The molecule has 0 radical (unpaired) electrons. The van der Waals surface area contributed by atoms with E-state index >= 15 is 0 Å². The van der Waals surface area contributed by atoms with Crippen LogP contribution in [0.4, 0.5) is 0 Å². The van der Waals surface area contributed by atoms with Gasteiger partial charge in [-0.3, -0.25) is 0 Å². The molecule has 2 N–H and O–H groups in total. The molecule has 0 atom stereocenters. The van der Waals surface area contributed by atoms with Crippen LogP contribution in [0.15, 0.2) is 59.1 Å². The third-order valence-corrected chi connectivity index (χ3v) is 6.54. The molecule has 0 aliphatic rings. The van der Waals surface area contributed by atoms with Crippen LogP contribution in [0.3, 0.4) is 0 Å². The maximum Gasteiger partial charge on any atom is 0.167 e. The van der Waals surface area contributed by atoms with Crippen molar-refractivity contribution < 1.29 is 9.47 Å². The lowest BCUT2D eigenvalue weighted by molar-refractivity contribution is 0.280. The molecule has 4 rings (SSSR count). The van der Waals surface area contributed by atoms with Crippen LogP contribution in [0.2, 0.25) is 10.0 Å². The van der Waals surface area contributed by atoms with Crippen LogP contribution in [0.5, 0.6) is 11.5 Å². The van der Waals surface area contributed by atoms with Gasteiger partial charge in [0.25, 0.3) is 0 Å². The van der Waals surface area contributed by atoms with Crippen LogP contribution in [-0.2, 0) is 19.6 Å². The van der Waals surface area contributed by atoms with Gasteiger partial charge in [0, 0.05) is 45.2 Å². The zero-order chi connectivity index (χ0) is 22.5. The Bertz CT molecular complexity index is 1180. The summed E-state index contributed by atoms with van der Waals surface area (Å²) >= 11 is 16.2. The van der Waals surface area contributed by atoms with E-state index in [4.69, 9.17) is 32.7 Å². The molecule has 8 heteroatoms. The first-order valence-electron chi connectivity index (χ1n) is 10.1. The molecular formula is C24H22BrCl2N3O2. The lowest BCUT2D eigenvalue weighted by Crippen LogP contribution is -2.18. The standard InChI is InChI=1S/C24H22BrCl2N3O2/c1-31-22-10-9-17(25)15(24(22)32-14-16-18(26)5-4-6-19(16)27)13-28-12-11-23-29-20-7-2-3-8-21(20)30-23/h2-10,28H,11-14H2,1H3,(H,29,30). The number of methoxy groups -OCH3 is 1. The third-order valence-electron chi connectivity index (χ3n) is 5.09. The SMILES string of the molecule is COc1ccc(Br)c(CNCCc2nc3ccccc3[nH]2)c1OCc1c(Cl)cccc1Cl. The van der Waals surface area contributed by atoms with Gasteiger partial charge in [-0.25, -0.2) is 4.98 Å². The molecular weight excluding hydrogens is 513 g/mol. The molecule has 0 unspecified atom stereocenters. The van der Waals surface area contributed by atoms with E-state index in [9.17, 15) is 0 Å². The van der Waals surface area contributed by atoms with E-state index in [0.717, 1.165) is 45.4 Å². The van der Waals surface area contributed by atoms with Crippen molar-refractivity contribution in [3.05, 3.63) is 86.1 Å². The number of hydrogen-bond acceptors (Lipinski definition) is 4. The first-order chi connectivity index (χ1) is 15.6. The molecule has 0 aliphatic heterocycles. The Kier molecular flexibility index (Phi) is 7.58. The van der Waals surface area contributed by atoms with Crippen molar-refractivity contribution in [1.29, 1.82) is 0 Å². The summed E-state index contributed by atoms with van der Waals surface area (Å²) in [7, 11) is 1.62. The molecule has 1 heterocycles. The van der Waals surface area contributed by atoms with E-state index in [2.05, 4.69) is 31.2 Å². The number of nitrogens with one attached hydrogen (secondary N) is 2. The number of aromatic amines is 1. The molecule has 0 bridgehead atoms. The van der Waals surface area contributed by atoms with Crippen molar-refractivity contribution in [2.45, 2.75) is 19.6 Å². The highest BCUT2D eigenvalue weighted by atomic mass is 79.9. The minimum atomic E-state index is 0.233. The third kappa shape index (κ3) is 5.21. The van der Waals surface area contributed by atoms with Gasteiger partial charge in [-0.05, 0) is 36.4 Å². The first kappa shape index (κ1) is 22.9. The van der Waals surface area contributed by atoms with Gasteiger partial charge in [-0.15, -0.1) is 0 Å². The monoisotopic (exact) mass is 533 g/mol. The smallest absolute Gasteiger partial charge is 0.167 e. The van der Waals surface area contributed by atoms with Crippen LogP contribution >= 0.6 is 39.1 Å². The fourth-order valence-electron chi connectivity index (χ4n) is 3.42. The molecule has 0 fully saturated rings. The molecule has 0 spiro atoms. The van der Waals surface area contributed by atoms with Gasteiger partial charge in [0.15, 0.2) is 11.5 Å². The van der Waals surface area contributed by atoms with E-state index in [0.29, 0.717) is 28.1 Å². The van der Waals surface area contributed by atoms with Gasteiger partial charge in [0.05, 0.1) is 18.1 Å². The number of hydrogen-bond donors (Lipinski definition) is 2.